The fourth-order valence-corrected chi connectivity index (χ4v) is 3.94. The summed E-state index contributed by atoms with van der Waals surface area (Å²) in [5.41, 5.74) is 2.83. The lowest BCUT2D eigenvalue weighted by molar-refractivity contribution is -0.148. The molecule has 2 aromatic carbocycles. The zero-order valence-corrected chi connectivity index (χ0v) is 15.1. The minimum absolute atomic E-state index is 0.115. The van der Waals surface area contributed by atoms with Crippen LogP contribution in [0.15, 0.2) is 78.1 Å². The van der Waals surface area contributed by atoms with Gasteiger partial charge in [0.15, 0.2) is 5.78 Å². The van der Waals surface area contributed by atoms with Gasteiger partial charge in [0.05, 0.1) is 5.92 Å². The smallest absolute Gasteiger partial charge is 0.315 e. The van der Waals surface area contributed by atoms with Crippen molar-refractivity contribution in [1.29, 1.82) is 0 Å². The van der Waals surface area contributed by atoms with Gasteiger partial charge in [0, 0.05) is 24.3 Å². The summed E-state index contributed by atoms with van der Waals surface area (Å²) in [5.74, 6) is -0.148. The molecule has 1 aliphatic heterocycles. The number of carbonyl (C=O) groups is 2. The van der Waals surface area contributed by atoms with Crippen molar-refractivity contribution in [1.82, 2.24) is 0 Å². The Labute approximate surface area is 159 Å². The van der Waals surface area contributed by atoms with E-state index in [1.54, 1.807) is 0 Å². The van der Waals surface area contributed by atoms with E-state index in [1.807, 2.05) is 72.8 Å². The summed E-state index contributed by atoms with van der Waals surface area (Å²) in [5, 5.41) is 0. The molecule has 1 aliphatic carbocycles. The molecule has 0 bridgehead atoms. The first kappa shape index (κ1) is 17.5. The maximum absolute atomic E-state index is 12.8. The van der Waals surface area contributed by atoms with Crippen LogP contribution in [0.1, 0.15) is 30.4 Å². The van der Waals surface area contributed by atoms with Gasteiger partial charge >= 0.3 is 5.97 Å². The molecule has 0 unspecified atom stereocenters. The number of ether oxygens (including phenoxy) is 1. The first-order valence-corrected chi connectivity index (χ1v) is 9.47. The molecule has 0 N–H and O–H groups in total. The third-order valence-electron chi connectivity index (χ3n) is 5.30. The van der Waals surface area contributed by atoms with Gasteiger partial charge in [-0.1, -0.05) is 72.8 Å². The highest BCUT2D eigenvalue weighted by molar-refractivity contribution is 6.00. The van der Waals surface area contributed by atoms with Crippen LogP contribution in [0.5, 0.6) is 0 Å². The van der Waals surface area contributed by atoms with Crippen LogP contribution in [0, 0.1) is 11.8 Å². The average molecular weight is 358 g/mol. The zero-order chi connectivity index (χ0) is 18.6. The highest BCUT2D eigenvalue weighted by Crippen LogP contribution is 2.40. The Morgan fingerprint density at radius 1 is 0.926 bits per heavy atom. The second-order valence-electron chi connectivity index (χ2n) is 7.13. The van der Waals surface area contributed by atoms with Crippen molar-refractivity contribution in [2.24, 2.45) is 11.8 Å². The first-order chi connectivity index (χ1) is 13.2. The van der Waals surface area contributed by atoms with E-state index in [0.717, 1.165) is 17.5 Å². The topological polar surface area (TPSA) is 43.4 Å². The molecule has 4 rings (SSSR count). The van der Waals surface area contributed by atoms with Crippen molar-refractivity contribution in [2.75, 3.05) is 0 Å². The minimum atomic E-state index is -0.381. The van der Waals surface area contributed by atoms with Gasteiger partial charge in [-0.25, -0.2) is 0 Å². The number of benzene rings is 2. The molecule has 0 saturated heterocycles. The molecule has 0 spiro atoms. The zero-order valence-electron chi connectivity index (χ0n) is 15.1. The van der Waals surface area contributed by atoms with Gasteiger partial charge in [-0.05, 0) is 24.0 Å². The van der Waals surface area contributed by atoms with Crippen molar-refractivity contribution in [2.45, 2.75) is 25.7 Å². The molecule has 3 nitrogen and oxygen atoms in total. The summed E-state index contributed by atoms with van der Waals surface area (Å²) in [7, 11) is 0. The van der Waals surface area contributed by atoms with Crippen LogP contribution in [-0.4, -0.2) is 11.8 Å². The number of Topliss-reactive ketones (excluding diaryl/α,β-unsaturated/α-hetero) is 1. The Kier molecular flexibility index (Phi) is 5.01. The number of carbonyl (C=O) groups excluding carboxylic acids is 2. The summed E-state index contributed by atoms with van der Waals surface area (Å²) in [6, 6.07) is 19.9. The van der Waals surface area contributed by atoms with Gasteiger partial charge in [0.25, 0.3) is 0 Å². The van der Waals surface area contributed by atoms with Gasteiger partial charge < -0.3 is 4.74 Å². The number of allylic oxidation sites excluding steroid dienone is 3. The van der Waals surface area contributed by atoms with E-state index in [2.05, 4.69) is 0 Å². The number of esters is 1. The quantitative estimate of drug-likeness (QED) is 0.742. The molecule has 0 amide bonds. The maximum atomic E-state index is 12.8. The van der Waals surface area contributed by atoms with E-state index in [1.165, 1.54) is 0 Å². The molecule has 136 valence electrons. The Hall–Kier alpha value is -2.94. The van der Waals surface area contributed by atoms with Crippen molar-refractivity contribution < 1.29 is 14.3 Å². The van der Waals surface area contributed by atoms with E-state index < -0.39 is 0 Å². The molecule has 27 heavy (non-hydrogen) atoms. The molecule has 2 atom stereocenters. The fourth-order valence-electron chi connectivity index (χ4n) is 3.94. The number of hydrogen-bond donors (Lipinski definition) is 0. The van der Waals surface area contributed by atoms with E-state index >= 15 is 0 Å². The van der Waals surface area contributed by atoms with Crippen molar-refractivity contribution in [3.05, 3.63) is 89.2 Å². The highest BCUT2D eigenvalue weighted by Gasteiger charge is 2.41. The van der Waals surface area contributed by atoms with Crippen LogP contribution in [-0.2, 0) is 20.7 Å². The summed E-state index contributed by atoms with van der Waals surface area (Å²) >= 11 is 0. The lowest BCUT2D eigenvalue weighted by Crippen LogP contribution is -2.37. The van der Waals surface area contributed by atoms with Crippen LogP contribution in [0.25, 0.3) is 6.08 Å². The second kappa shape index (κ2) is 7.75. The SMILES string of the molecule is O=C1CCCC2=C1[C@@H](/C=C/c1ccccc1)[C@@H](Cc1ccccc1)C(=O)O2. The average Bonchev–Trinajstić information content (AvgIpc) is 2.70. The molecule has 0 radical (unpaired) electrons. The van der Waals surface area contributed by atoms with Crippen LogP contribution in [0.3, 0.4) is 0 Å². The van der Waals surface area contributed by atoms with Crippen molar-refractivity contribution in [3.63, 3.8) is 0 Å². The van der Waals surface area contributed by atoms with E-state index in [9.17, 15) is 9.59 Å². The molecule has 0 saturated carbocycles. The van der Waals surface area contributed by atoms with Crippen LogP contribution >= 0.6 is 0 Å². The second-order valence-corrected chi connectivity index (χ2v) is 7.13. The van der Waals surface area contributed by atoms with Gasteiger partial charge in [-0.15, -0.1) is 0 Å². The van der Waals surface area contributed by atoms with Crippen LogP contribution < -0.4 is 0 Å². The Morgan fingerprint density at radius 3 is 2.37 bits per heavy atom. The lowest BCUT2D eigenvalue weighted by Gasteiger charge is -2.34. The summed E-state index contributed by atoms with van der Waals surface area (Å²) in [4.78, 5) is 25.5. The Morgan fingerprint density at radius 2 is 1.63 bits per heavy atom. The van der Waals surface area contributed by atoms with Gasteiger partial charge in [0.1, 0.15) is 5.76 Å². The fraction of sp³-hybridized carbons (Fsp3) is 0.250. The van der Waals surface area contributed by atoms with E-state index in [-0.39, 0.29) is 23.6 Å². The third kappa shape index (κ3) is 3.77. The molecular weight excluding hydrogens is 336 g/mol. The Bertz CT molecular complexity index is 894. The third-order valence-corrected chi connectivity index (χ3v) is 5.30. The van der Waals surface area contributed by atoms with E-state index in [4.69, 9.17) is 4.74 Å². The van der Waals surface area contributed by atoms with Crippen molar-refractivity contribution >= 4 is 17.8 Å². The normalized spacial score (nSPS) is 22.7. The largest absolute Gasteiger partial charge is 0.430 e. The molecule has 0 fully saturated rings. The van der Waals surface area contributed by atoms with E-state index in [0.29, 0.717) is 30.6 Å². The Balaban J connectivity index is 1.71. The minimum Gasteiger partial charge on any atom is -0.430 e. The monoisotopic (exact) mass is 358 g/mol. The van der Waals surface area contributed by atoms with Gasteiger partial charge in [0.2, 0.25) is 0 Å². The molecule has 0 aromatic heterocycles. The lowest BCUT2D eigenvalue weighted by atomic mass is 9.75. The summed E-state index contributed by atoms with van der Waals surface area (Å²) in [6.07, 6.45) is 6.54. The molecule has 3 heteroatoms. The number of ketones is 1. The summed E-state index contributed by atoms with van der Waals surface area (Å²) < 4.78 is 5.61. The standard InChI is InChI=1S/C24H22O3/c25-21-12-7-13-22-23(21)19(15-14-17-8-3-1-4-9-17)20(24(26)27-22)16-18-10-5-2-6-11-18/h1-6,8-11,14-15,19-20H,7,12-13,16H2/b15-14+/t19-,20+/m0/s1. The van der Waals surface area contributed by atoms with Gasteiger partial charge in [-0.2, -0.15) is 0 Å². The van der Waals surface area contributed by atoms with Crippen molar-refractivity contribution in [3.8, 4) is 0 Å². The van der Waals surface area contributed by atoms with Crippen LogP contribution in [0.2, 0.25) is 0 Å². The summed E-state index contributed by atoms with van der Waals surface area (Å²) in [6.45, 7) is 0. The molecule has 1 heterocycles. The molecule has 2 aliphatic rings. The van der Waals surface area contributed by atoms with Crippen LogP contribution in [0.4, 0.5) is 0 Å². The first-order valence-electron chi connectivity index (χ1n) is 9.47. The predicted octanol–water partition coefficient (Wildman–Crippen LogP) is 4.74. The molecular formula is C24H22O3. The maximum Gasteiger partial charge on any atom is 0.315 e. The number of rotatable bonds is 4. The number of hydrogen-bond acceptors (Lipinski definition) is 3. The predicted molar refractivity (Wildman–Crippen MR) is 105 cm³/mol. The van der Waals surface area contributed by atoms with Gasteiger partial charge in [-0.3, -0.25) is 9.59 Å². The molecule has 2 aromatic rings. The highest BCUT2D eigenvalue weighted by atomic mass is 16.5.